The molecule has 0 saturated heterocycles. The second-order valence-electron chi connectivity index (χ2n) is 4.43. The van der Waals surface area contributed by atoms with Crippen LogP contribution in [0.5, 0.6) is 17.2 Å². The van der Waals surface area contributed by atoms with E-state index in [9.17, 15) is 4.79 Å². The van der Waals surface area contributed by atoms with Gasteiger partial charge in [-0.25, -0.2) is 0 Å². The van der Waals surface area contributed by atoms with Crippen LogP contribution < -0.4 is 19.5 Å². The Morgan fingerprint density at radius 1 is 1.05 bits per heavy atom. The summed E-state index contributed by atoms with van der Waals surface area (Å²) in [5.74, 6) is 1.25. The van der Waals surface area contributed by atoms with E-state index in [0.717, 1.165) is 0 Å². The first-order chi connectivity index (χ1) is 10.7. The fraction of sp³-hybridized carbons (Fsp3) is 0.562. The van der Waals surface area contributed by atoms with Crippen molar-refractivity contribution in [3.05, 3.63) is 17.7 Å². The molecule has 2 N–H and O–H groups in total. The fourth-order valence-electron chi connectivity index (χ4n) is 1.90. The summed E-state index contributed by atoms with van der Waals surface area (Å²) in [7, 11) is 0. The van der Waals surface area contributed by atoms with Crippen molar-refractivity contribution in [1.82, 2.24) is 5.32 Å². The van der Waals surface area contributed by atoms with Crippen LogP contribution in [0.3, 0.4) is 0 Å². The molecular weight excluding hydrogens is 286 g/mol. The van der Waals surface area contributed by atoms with E-state index in [1.807, 2.05) is 20.8 Å². The van der Waals surface area contributed by atoms with Crippen LogP contribution >= 0.6 is 0 Å². The maximum atomic E-state index is 12.2. The van der Waals surface area contributed by atoms with E-state index >= 15 is 0 Å². The molecule has 124 valence electrons. The number of rotatable bonds is 10. The van der Waals surface area contributed by atoms with Gasteiger partial charge < -0.3 is 24.6 Å². The highest BCUT2D eigenvalue weighted by Crippen LogP contribution is 2.39. The molecule has 0 aliphatic rings. The number of hydrogen-bond acceptors (Lipinski definition) is 5. The van der Waals surface area contributed by atoms with Gasteiger partial charge in [0.15, 0.2) is 11.5 Å². The molecule has 6 nitrogen and oxygen atoms in total. The van der Waals surface area contributed by atoms with Crippen LogP contribution in [0.4, 0.5) is 0 Å². The highest BCUT2D eigenvalue weighted by molar-refractivity contribution is 5.95. The Balaban J connectivity index is 3.09. The highest BCUT2D eigenvalue weighted by atomic mass is 16.5. The van der Waals surface area contributed by atoms with Crippen molar-refractivity contribution < 1.29 is 24.1 Å². The van der Waals surface area contributed by atoms with Crippen molar-refractivity contribution in [1.29, 1.82) is 0 Å². The van der Waals surface area contributed by atoms with Crippen LogP contribution in [0, 0.1) is 0 Å². The number of ether oxygens (including phenoxy) is 3. The van der Waals surface area contributed by atoms with Gasteiger partial charge in [-0.05, 0) is 39.3 Å². The first-order valence-corrected chi connectivity index (χ1v) is 7.63. The molecule has 0 bridgehead atoms. The third kappa shape index (κ3) is 5.11. The monoisotopic (exact) mass is 311 g/mol. The van der Waals surface area contributed by atoms with E-state index < -0.39 is 0 Å². The molecule has 0 atom stereocenters. The minimum atomic E-state index is -0.238. The molecule has 0 heterocycles. The minimum absolute atomic E-state index is 0.0396. The normalized spacial score (nSPS) is 10.2. The molecule has 0 spiro atoms. The van der Waals surface area contributed by atoms with Gasteiger partial charge in [-0.15, -0.1) is 0 Å². The van der Waals surface area contributed by atoms with Crippen LogP contribution in [-0.2, 0) is 0 Å². The molecule has 0 radical (unpaired) electrons. The summed E-state index contributed by atoms with van der Waals surface area (Å²) in [5, 5.41) is 11.5. The molecule has 0 unspecified atom stereocenters. The average Bonchev–Trinajstić information content (AvgIpc) is 2.50. The standard InChI is InChI=1S/C16H25NO5/c1-4-20-13-10-12(16(19)17-8-7-9-18)11-14(21-5-2)15(13)22-6-3/h10-11,18H,4-9H2,1-3H3,(H,17,19). The molecule has 0 aliphatic heterocycles. The fourth-order valence-corrected chi connectivity index (χ4v) is 1.90. The molecule has 1 aromatic carbocycles. The van der Waals surface area contributed by atoms with Gasteiger partial charge >= 0.3 is 0 Å². The van der Waals surface area contributed by atoms with E-state index in [4.69, 9.17) is 19.3 Å². The van der Waals surface area contributed by atoms with Crippen LogP contribution in [0.25, 0.3) is 0 Å². The van der Waals surface area contributed by atoms with Gasteiger partial charge in [0.1, 0.15) is 0 Å². The number of hydrogen-bond donors (Lipinski definition) is 2. The largest absolute Gasteiger partial charge is 0.490 e. The van der Waals surface area contributed by atoms with Crippen molar-refractivity contribution in [3.8, 4) is 17.2 Å². The van der Waals surface area contributed by atoms with Crippen molar-refractivity contribution in [2.45, 2.75) is 27.2 Å². The van der Waals surface area contributed by atoms with Gasteiger partial charge in [0.05, 0.1) is 19.8 Å². The molecule has 0 aliphatic carbocycles. The topological polar surface area (TPSA) is 77.0 Å². The van der Waals surface area contributed by atoms with E-state index in [1.54, 1.807) is 12.1 Å². The van der Waals surface area contributed by atoms with Gasteiger partial charge in [0.2, 0.25) is 5.75 Å². The summed E-state index contributed by atoms with van der Waals surface area (Å²) in [6.45, 7) is 7.45. The van der Waals surface area contributed by atoms with Crippen molar-refractivity contribution in [2.75, 3.05) is 33.0 Å². The van der Waals surface area contributed by atoms with Gasteiger partial charge in [0.25, 0.3) is 5.91 Å². The zero-order chi connectivity index (χ0) is 16.4. The molecule has 22 heavy (non-hydrogen) atoms. The number of amides is 1. The van der Waals surface area contributed by atoms with Crippen molar-refractivity contribution >= 4 is 5.91 Å². The maximum absolute atomic E-state index is 12.2. The number of aliphatic hydroxyl groups excluding tert-OH is 1. The molecule has 1 rings (SSSR count). The lowest BCUT2D eigenvalue weighted by atomic mass is 10.1. The molecule has 1 amide bonds. The van der Waals surface area contributed by atoms with Gasteiger partial charge in [-0.3, -0.25) is 4.79 Å². The third-order valence-electron chi connectivity index (χ3n) is 2.79. The van der Waals surface area contributed by atoms with E-state index in [0.29, 0.717) is 55.6 Å². The van der Waals surface area contributed by atoms with Crippen LogP contribution in [-0.4, -0.2) is 44.0 Å². The van der Waals surface area contributed by atoms with Crippen LogP contribution in [0.2, 0.25) is 0 Å². The first kappa shape index (κ1) is 18.1. The van der Waals surface area contributed by atoms with Crippen LogP contribution in [0.15, 0.2) is 12.1 Å². The summed E-state index contributed by atoms with van der Waals surface area (Å²) in [4.78, 5) is 12.2. The second kappa shape index (κ2) is 9.89. The van der Waals surface area contributed by atoms with Crippen LogP contribution in [0.1, 0.15) is 37.6 Å². The Morgan fingerprint density at radius 2 is 1.59 bits per heavy atom. The smallest absolute Gasteiger partial charge is 0.251 e. The number of aliphatic hydroxyl groups is 1. The summed E-state index contributed by atoms with van der Waals surface area (Å²) in [6, 6.07) is 3.29. The second-order valence-corrected chi connectivity index (χ2v) is 4.43. The lowest BCUT2D eigenvalue weighted by Crippen LogP contribution is -2.25. The highest BCUT2D eigenvalue weighted by Gasteiger charge is 2.18. The SMILES string of the molecule is CCOc1cc(C(=O)NCCCO)cc(OCC)c1OCC. The molecule has 1 aromatic rings. The number of carbonyl (C=O) groups is 1. The maximum Gasteiger partial charge on any atom is 0.251 e. The van der Waals surface area contributed by atoms with E-state index in [-0.39, 0.29) is 12.5 Å². The van der Waals surface area contributed by atoms with Gasteiger partial charge in [0, 0.05) is 18.7 Å². The molecule has 0 aromatic heterocycles. The van der Waals surface area contributed by atoms with E-state index in [1.165, 1.54) is 0 Å². The van der Waals surface area contributed by atoms with Crippen molar-refractivity contribution in [3.63, 3.8) is 0 Å². The van der Waals surface area contributed by atoms with Crippen molar-refractivity contribution in [2.24, 2.45) is 0 Å². The summed E-state index contributed by atoms with van der Waals surface area (Å²) in [5.41, 5.74) is 0.438. The van der Waals surface area contributed by atoms with Gasteiger partial charge in [-0.1, -0.05) is 0 Å². The zero-order valence-electron chi connectivity index (χ0n) is 13.5. The third-order valence-corrected chi connectivity index (χ3v) is 2.79. The Bertz CT molecular complexity index is 449. The Labute approximate surface area is 131 Å². The Morgan fingerprint density at radius 3 is 2.05 bits per heavy atom. The molecule has 0 fully saturated rings. The zero-order valence-corrected chi connectivity index (χ0v) is 13.5. The minimum Gasteiger partial charge on any atom is -0.490 e. The lowest BCUT2D eigenvalue weighted by Gasteiger charge is -2.17. The summed E-state index contributed by atoms with van der Waals surface area (Å²) in [6.07, 6.45) is 0.513. The quantitative estimate of drug-likeness (QED) is 0.646. The first-order valence-electron chi connectivity index (χ1n) is 7.63. The Hall–Kier alpha value is -1.95. The predicted molar refractivity (Wildman–Crippen MR) is 84.0 cm³/mol. The lowest BCUT2D eigenvalue weighted by molar-refractivity contribution is 0.0950. The number of nitrogens with one attached hydrogen (secondary N) is 1. The summed E-state index contributed by atoms with van der Waals surface area (Å²) < 4.78 is 16.7. The number of benzene rings is 1. The van der Waals surface area contributed by atoms with Gasteiger partial charge in [-0.2, -0.15) is 0 Å². The predicted octanol–water partition coefficient (Wildman–Crippen LogP) is 1.99. The Kier molecular flexibility index (Phi) is 8.14. The molecular formula is C16H25NO5. The number of carbonyl (C=O) groups excluding carboxylic acids is 1. The summed E-state index contributed by atoms with van der Waals surface area (Å²) >= 11 is 0. The molecule has 0 saturated carbocycles. The average molecular weight is 311 g/mol. The molecule has 6 heteroatoms. The van der Waals surface area contributed by atoms with E-state index in [2.05, 4.69) is 5.32 Å².